The third kappa shape index (κ3) is 6.27. The highest BCUT2D eigenvalue weighted by Crippen LogP contribution is 2.35. The molecule has 3 amide bonds. The summed E-state index contributed by atoms with van der Waals surface area (Å²) in [6, 6.07) is 8.36. The second kappa shape index (κ2) is 10.6. The van der Waals surface area contributed by atoms with E-state index < -0.39 is 45.5 Å². The van der Waals surface area contributed by atoms with Gasteiger partial charge in [0.1, 0.15) is 6.54 Å². The molecular formula is C23H19ClF3N5O5S2. The van der Waals surface area contributed by atoms with Crippen molar-refractivity contribution in [2.24, 2.45) is 0 Å². The molecule has 0 saturated carbocycles. The van der Waals surface area contributed by atoms with Gasteiger partial charge in [-0.2, -0.15) is 31.0 Å². The van der Waals surface area contributed by atoms with Crippen LogP contribution < -0.4 is 4.72 Å². The number of amides is 3. The number of hydrogen-bond donors (Lipinski definition) is 1. The number of carbonyl (C=O) groups is 3. The fourth-order valence-corrected chi connectivity index (χ4v) is 5.18. The van der Waals surface area contributed by atoms with E-state index in [0.717, 1.165) is 10.4 Å². The Morgan fingerprint density at radius 2 is 1.90 bits per heavy atom. The molecule has 4 rings (SSSR count). The van der Waals surface area contributed by atoms with Crippen LogP contribution in [0.4, 0.5) is 18.0 Å². The van der Waals surface area contributed by atoms with Crippen molar-refractivity contribution < 1.29 is 36.0 Å². The molecule has 10 nitrogen and oxygen atoms in total. The Labute approximate surface area is 229 Å². The lowest BCUT2D eigenvalue weighted by Crippen LogP contribution is -2.45. The maximum Gasteiger partial charge on any atom is 0.416 e. The second-order valence-corrected chi connectivity index (χ2v) is 11.8. The predicted molar refractivity (Wildman–Crippen MR) is 139 cm³/mol. The molecule has 16 heteroatoms. The first-order chi connectivity index (χ1) is 18.2. The molecule has 0 unspecified atom stereocenters. The van der Waals surface area contributed by atoms with Gasteiger partial charge in [-0.05, 0) is 53.2 Å². The number of imide groups is 1. The van der Waals surface area contributed by atoms with Crippen LogP contribution in [0.5, 0.6) is 0 Å². The van der Waals surface area contributed by atoms with Crippen molar-refractivity contribution in [1.29, 1.82) is 0 Å². The number of alkyl halides is 3. The number of hydrogen-bond acceptors (Lipinski definition) is 7. The van der Waals surface area contributed by atoms with Crippen LogP contribution in [0.25, 0.3) is 17.0 Å². The van der Waals surface area contributed by atoms with Crippen molar-refractivity contribution >= 4 is 67.6 Å². The van der Waals surface area contributed by atoms with Crippen molar-refractivity contribution in [2.75, 3.05) is 20.6 Å². The number of benzene rings is 2. The Bertz CT molecular complexity index is 1640. The number of rotatable bonds is 7. The summed E-state index contributed by atoms with van der Waals surface area (Å²) in [7, 11) is -1.68. The smallest absolute Gasteiger partial charge is 0.272 e. The zero-order valence-corrected chi connectivity index (χ0v) is 22.6. The molecule has 0 bridgehead atoms. The van der Waals surface area contributed by atoms with E-state index in [1.807, 2.05) is 0 Å². The van der Waals surface area contributed by atoms with Gasteiger partial charge < -0.3 is 0 Å². The van der Waals surface area contributed by atoms with E-state index in [2.05, 4.69) is 5.10 Å². The third-order valence-electron chi connectivity index (χ3n) is 5.56. The molecule has 0 aliphatic carbocycles. The Morgan fingerprint density at radius 3 is 2.56 bits per heavy atom. The fourth-order valence-electron chi connectivity index (χ4n) is 3.63. The first-order valence-corrected chi connectivity index (χ1v) is 13.6. The van der Waals surface area contributed by atoms with E-state index in [-0.39, 0.29) is 22.0 Å². The van der Waals surface area contributed by atoms with Gasteiger partial charge >= 0.3 is 16.4 Å². The van der Waals surface area contributed by atoms with Crippen LogP contribution in [0.2, 0.25) is 5.02 Å². The van der Waals surface area contributed by atoms with Crippen LogP contribution in [0.1, 0.15) is 16.7 Å². The Morgan fingerprint density at radius 1 is 1.18 bits per heavy atom. The molecule has 206 valence electrons. The van der Waals surface area contributed by atoms with Gasteiger partial charge in [-0.3, -0.25) is 24.0 Å². The first kappa shape index (κ1) is 28.6. The van der Waals surface area contributed by atoms with E-state index in [9.17, 15) is 36.0 Å². The summed E-state index contributed by atoms with van der Waals surface area (Å²) < 4.78 is 67.9. The van der Waals surface area contributed by atoms with Crippen LogP contribution in [0.3, 0.4) is 0 Å². The molecule has 1 aliphatic rings. The minimum absolute atomic E-state index is 0.00555. The Kier molecular flexibility index (Phi) is 7.80. The average Bonchev–Trinajstić information content (AvgIpc) is 3.34. The average molecular weight is 602 g/mol. The van der Waals surface area contributed by atoms with Crippen molar-refractivity contribution in [3.05, 3.63) is 69.2 Å². The maximum atomic E-state index is 13.5. The quantitative estimate of drug-likeness (QED) is 0.410. The monoisotopic (exact) mass is 601 g/mol. The number of aromatic nitrogens is 2. The molecule has 1 fully saturated rings. The highest BCUT2D eigenvalue weighted by Gasteiger charge is 2.37. The molecule has 2 aromatic carbocycles. The normalized spacial score (nSPS) is 15.7. The van der Waals surface area contributed by atoms with Crippen molar-refractivity contribution in [3.63, 3.8) is 0 Å². The second-order valence-electron chi connectivity index (χ2n) is 8.50. The number of thioether (sulfide) groups is 1. The SMILES string of the molecule is CN(C)S(=O)(=O)NC(=O)CN1C(=O)S/C(=C\c2ccc3c(cnn3Cc3ccc(Cl)cc3C(F)(F)F)c2)C1=O. The molecule has 2 heterocycles. The number of nitrogens with zero attached hydrogens (tertiary/aromatic N) is 4. The van der Waals surface area contributed by atoms with Crippen LogP contribution in [-0.2, 0) is 32.5 Å². The lowest BCUT2D eigenvalue weighted by Gasteiger charge is -2.15. The lowest BCUT2D eigenvalue weighted by molar-refractivity contribution is -0.138. The maximum absolute atomic E-state index is 13.5. The highest BCUT2D eigenvalue weighted by atomic mass is 35.5. The molecule has 1 N–H and O–H groups in total. The van der Waals surface area contributed by atoms with E-state index in [1.165, 1.54) is 43.2 Å². The van der Waals surface area contributed by atoms with Crippen LogP contribution in [-0.4, -0.2) is 65.1 Å². The summed E-state index contributed by atoms with van der Waals surface area (Å²) in [6.45, 7) is -0.954. The Hall–Kier alpha value is -3.40. The molecule has 0 radical (unpaired) electrons. The van der Waals surface area contributed by atoms with Crippen molar-refractivity contribution in [2.45, 2.75) is 12.7 Å². The van der Waals surface area contributed by atoms with Gasteiger partial charge in [0.05, 0.1) is 28.7 Å². The summed E-state index contributed by atoms with van der Waals surface area (Å²) in [6.07, 6.45) is -1.73. The van der Waals surface area contributed by atoms with E-state index in [4.69, 9.17) is 11.6 Å². The number of nitrogens with one attached hydrogen (secondary N) is 1. The zero-order valence-electron chi connectivity index (χ0n) is 20.2. The number of carbonyl (C=O) groups excluding carboxylic acids is 3. The minimum Gasteiger partial charge on any atom is -0.272 e. The number of fused-ring (bicyclic) bond motifs is 1. The van der Waals surface area contributed by atoms with E-state index in [0.29, 0.717) is 33.1 Å². The molecule has 0 atom stereocenters. The van der Waals surface area contributed by atoms with E-state index >= 15 is 0 Å². The topological polar surface area (TPSA) is 122 Å². The Balaban J connectivity index is 1.53. The van der Waals surface area contributed by atoms with Gasteiger partial charge in [-0.25, -0.2) is 4.72 Å². The standard InChI is InChI=1S/C23H19ClF3N5O5S2/c1-30(2)39(36,37)29-20(33)12-31-21(34)19(38-22(31)35)8-13-3-6-18-15(7-13)10-28-32(18)11-14-4-5-16(24)9-17(14)23(25,26)27/h3-10H,11-12H2,1-2H3,(H,29,33)/b19-8-. The van der Waals surface area contributed by atoms with Crippen LogP contribution in [0.15, 0.2) is 47.5 Å². The molecule has 1 aromatic heterocycles. The predicted octanol–water partition coefficient (Wildman–Crippen LogP) is 3.72. The highest BCUT2D eigenvalue weighted by molar-refractivity contribution is 8.18. The van der Waals surface area contributed by atoms with Gasteiger partial charge in [-0.1, -0.05) is 23.7 Å². The van der Waals surface area contributed by atoms with Crippen molar-refractivity contribution in [3.8, 4) is 0 Å². The first-order valence-electron chi connectivity index (χ1n) is 11.0. The number of halogens is 4. The summed E-state index contributed by atoms with van der Waals surface area (Å²) in [4.78, 5) is 37.7. The molecule has 3 aromatic rings. The van der Waals surface area contributed by atoms with Crippen molar-refractivity contribution in [1.82, 2.24) is 23.7 Å². The summed E-state index contributed by atoms with van der Waals surface area (Å²) >= 11 is 6.33. The van der Waals surface area contributed by atoms with Gasteiger partial charge in [0.25, 0.3) is 17.1 Å². The van der Waals surface area contributed by atoms with E-state index in [1.54, 1.807) is 22.9 Å². The van der Waals surface area contributed by atoms with Gasteiger partial charge in [-0.15, -0.1) is 0 Å². The summed E-state index contributed by atoms with van der Waals surface area (Å²) in [5.41, 5.74) is 0.146. The summed E-state index contributed by atoms with van der Waals surface area (Å²) in [5, 5.41) is 3.97. The largest absolute Gasteiger partial charge is 0.416 e. The fraction of sp³-hybridized carbons (Fsp3) is 0.217. The lowest BCUT2D eigenvalue weighted by atomic mass is 10.1. The summed E-state index contributed by atoms with van der Waals surface area (Å²) in [5.74, 6) is -1.84. The molecule has 0 spiro atoms. The minimum atomic E-state index is -4.60. The van der Waals surface area contributed by atoms with Crippen LogP contribution >= 0.6 is 23.4 Å². The third-order valence-corrected chi connectivity index (χ3v) is 8.15. The van der Waals surface area contributed by atoms with Gasteiger partial charge in [0, 0.05) is 24.5 Å². The zero-order chi connectivity index (χ0) is 28.7. The van der Waals surface area contributed by atoms with Crippen LogP contribution in [0, 0.1) is 0 Å². The molecular weight excluding hydrogens is 583 g/mol. The molecule has 39 heavy (non-hydrogen) atoms. The van der Waals surface area contributed by atoms with Gasteiger partial charge in [0.15, 0.2) is 0 Å². The molecule has 1 aliphatic heterocycles. The molecule has 1 saturated heterocycles. The van der Waals surface area contributed by atoms with Gasteiger partial charge in [0.2, 0.25) is 0 Å².